The number of rotatable bonds is 5. The Morgan fingerprint density at radius 3 is 2.24 bits per heavy atom. The largest absolute Gasteiger partial charge is 0.360 e. The third kappa shape index (κ3) is 4.39. The maximum Gasteiger partial charge on any atom is 0.0160 e. The van der Waals surface area contributed by atoms with Crippen molar-refractivity contribution in [3.05, 3.63) is 104 Å². The van der Waals surface area contributed by atoms with E-state index in [-0.39, 0.29) is 20.1 Å². The number of aromatic nitrogens is 3. The molecule has 1 aliphatic heterocycles. The van der Waals surface area contributed by atoms with Crippen LogP contribution in [-0.2, 0) is 20.1 Å². The van der Waals surface area contributed by atoms with Gasteiger partial charge in [-0.1, -0.05) is 24.5 Å². The smallest absolute Gasteiger partial charge is 0.0160 e. The molecule has 0 saturated heterocycles. The van der Waals surface area contributed by atoms with E-state index < -0.39 is 13.3 Å². The van der Waals surface area contributed by atoms with Gasteiger partial charge in [-0.3, -0.25) is 0 Å². The maximum atomic E-state index is 4.75. The van der Waals surface area contributed by atoms with Crippen LogP contribution in [0.15, 0.2) is 91.5 Å². The molecule has 6 aromatic rings. The van der Waals surface area contributed by atoms with Gasteiger partial charge < -0.3 is 9.97 Å². The van der Waals surface area contributed by atoms with Gasteiger partial charge in [0.25, 0.3) is 0 Å². The van der Waals surface area contributed by atoms with Gasteiger partial charge in [-0.05, 0) is 11.8 Å². The zero-order valence-electron chi connectivity index (χ0n) is 21.7. The topological polar surface area (TPSA) is 38.7 Å². The number of fused-ring (bicyclic) bond motifs is 3. The van der Waals surface area contributed by atoms with E-state index in [1.165, 1.54) is 50.3 Å². The van der Waals surface area contributed by atoms with Gasteiger partial charge in [0.2, 0.25) is 0 Å². The van der Waals surface area contributed by atoms with E-state index in [4.69, 9.17) is 4.98 Å². The molecule has 3 aromatic carbocycles. The Morgan fingerprint density at radius 1 is 0.711 bits per heavy atom. The van der Waals surface area contributed by atoms with Crippen LogP contribution in [0.3, 0.4) is 0 Å². The summed E-state index contributed by atoms with van der Waals surface area (Å²) in [4.78, 5) is 12.9. The zero-order valence-corrected chi connectivity index (χ0v) is 26.2. The van der Waals surface area contributed by atoms with Crippen LogP contribution in [0.1, 0.15) is 26.7 Å². The van der Waals surface area contributed by atoms with Crippen molar-refractivity contribution in [2.75, 3.05) is 0 Å². The summed E-state index contributed by atoms with van der Waals surface area (Å²) in [5, 5.41) is 9.73. The molecule has 0 fully saturated rings. The first kappa shape index (κ1) is 26.7. The average molecular weight is 732 g/mol. The molecular formula is C33H29GeIrN3-2. The first-order chi connectivity index (χ1) is 18.3. The van der Waals surface area contributed by atoms with E-state index in [0.29, 0.717) is 0 Å². The SMILES string of the molecule is CC[CH2][Ge]1([CH2]CC)[c]2cc[c-]c3c4ncccc4c4ccc[c]1c4c23.[Ir].[c-]1ccncc1-c1ccccn1. The molecule has 1 aliphatic rings. The fourth-order valence-corrected chi connectivity index (χ4v) is 18.0. The fraction of sp³-hybridized carbons (Fsp3) is 0.182. The van der Waals surface area contributed by atoms with Gasteiger partial charge in [0.1, 0.15) is 0 Å². The van der Waals surface area contributed by atoms with Crippen molar-refractivity contribution in [1.29, 1.82) is 0 Å². The van der Waals surface area contributed by atoms with Crippen molar-refractivity contribution < 1.29 is 20.1 Å². The van der Waals surface area contributed by atoms with Crippen LogP contribution >= 0.6 is 0 Å². The van der Waals surface area contributed by atoms with Crippen molar-refractivity contribution in [2.45, 2.75) is 37.2 Å². The van der Waals surface area contributed by atoms with E-state index in [2.05, 4.69) is 78.4 Å². The van der Waals surface area contributed by atoms with Crippen molar-refractivity contribution in [2.24, 2.45) is 0 Å². The Kier molecular flexibility index (Phi) is 8.04. The minimum atomic E-state index is -2.32. The molecule has 0 unspecified atom stereocenters. The summed E-state index contributed by atoms with van der Waals surface area (Å²) in [5.41, 5.74) is 2.96. The van der Waals surface area contributed by atoms with Crippen molar-refractivity contribution in [1.82, 2.24) is 15.0 Å². The molecule has 4 heterocycles. The number of nitrogens with zero attached hydrogens (tertiary/aromatic N) is 3. The Hall–Kier alpha value is -2.92. The minimum Gasteiger partial charge on any atom is -0.360 e. The molecule has 5 heteroatoms. The standard InChI is InChI=1S/C23H22GeN.C10H7N2.Ir/c1-3-13-24(14-4-2)19-11-5-8-16-17-10-7-15-25-23(17)18-9-6-12-20(24)22(18)21(16)19;1-2-7-12-10(5-1)9-4-3-6-11-8-9;/h5-8,10-12,15H,3-4,13-14H2,1-2H3;1-3,5-8H;/q2*-1;. The number of benzene rings is 3. The molecule has 0 atom stereocenters. The molecule has 0 amide bonds. The van der Waals surface area contributed by atoms with Gasteiger partial charge >= 0.3 is 151 Å². The van der Waals surface area contributed by atoms with Gasteiger partial charge in [0.05, 0.1) is 0 Å². The molecule has 3 aromatic heterocycles. The summed E-state index contributed by atoms with van der Waals surface area (Å²) < 4.78 is 3.41. The van der Waals surface area contributed by atoms with Crippen LogP contribution in [0, 0.1) is 12.1 Å². The van der Waals surface area contributed by atoms with Gasteiger partial charge in [-0.2, -0.15) is 0 Å². The normalized spacial score (nSPS) is 12.9. The summed E-state index contributed by atoms with van der Waals surface area (Å²) >= 11 is -2.32. The van der Waals surface area contributed by atoms with Gasteiger partial charge in [0, 0.05) is 26.3 Å². The van der Waals surface area contributed by atoms with Crippen LogP contribution in [0.25, 0.3) is 43.7 Å². The summed E-state index contributed by atoms with van der Waals surface area (Å²) in [6.45, 7) is 4.71. The Balaban J connectivity index is 0.000000191. The number of hydrogen-bond acceptors (Lipinski definition) is 3. The second kappa shape index (κ2) is 11.4. The summed E-state index contributed by atoms with van der Waals surface area (Å²) in [7, 11) is 0. The van der Waals surface area contributed by atoms with E-state index in [0.717, 1.165) is 16.8 Å². The molecule has 0 N–H and O–H groups in total. The Labute approximate surface area is 240 Å². The second-order valence-corrected chi connectivity index (χ2v) is 18.6. The minimum absolute atomic E-state index is 0. The molecule has 0 bridgehead atoms. The molecule has 38 heavy (non-hydrogen) atoms. The molecule has 0 saturated carbocycles. The third-order valence-corrected chi connectivity index (χ3v) is 19.3. The third-order valence-electron chi connectivity index (χ3n) is 7.57. The second-order valence-electron chi connectivity index (χ2n) is 9.72. The average Bonchev–Trinajstić information content (AvgIpc) is 3.25. The summed E-state index contributed by atoms with van der Waals surface area (Å²) in [5.74, 6) is 0. The van der Waals surface area contributed by atoms with E-state index >= 15 is 0 Å². The number of pyridine rings is 3. The quantitative estimate of drug-likeness (QED) is 0.109. The van der Waals surface area contributed by atoms with Crippen LogP contribution in [0.2, 0.25) is 10.5 Å². The van der Waals surface area contributed by atoms with Crippen molar-refractivity contribution in [3.63, 3.8) is 0 Å². The summed E-state index contributed by atoms with van der Waals surface area (Å²) in [6.07, 6.45) is 9.69. The zero-order chi connectivity index (χ0) is 25.2. The molecule has 0 spiro atoms. The molecular weight excluding hydrogens is 703 g/mol. The molecule has 1 radical (unpaired) electrons. The maximum absolute atomic E-state index is 4.75. The van der Waals surface area contributed by atoms with Gasteiger partial charge in [-0.25, -0.2) is 0 Å². The molecule has 191 valence electrons. The van der Waals surface area contributed by atoms with Crippen LogP contribution < -0.4 is 8.79 Å². The van der Waals surface area contributed by atoms with Crippen molar-refractivity contribution >= 4 is 54.5 Å². The molecule has 0 aliphatic carbocycles. The van der Waals surface area contributed by atoms with Crippen LogP contribution in [0.5, 0.6) is 0 Å². The summed E-state index contributed by atoms with van der Waals surface area (Å²) in [6, 6.07) is 30.1. The first-order valence-electron chi connectivity index (χ1n) is 13.2. The number of hydrogen-bond donors (Lipinski definition) is 0. The predicted octanol–water partition coefficient (Wildman–Crippen LogP) is 6.98. The van der Waals surface area contributed by atoms with Gasteiger partial charge in [0.15, 0.2) is 0 Å². The van der Waals surface area contributed by atoms with Crippen LogP contribution in [0.4, 0.5) is 0 Å². The van der Waals surface area contributed by atoms with Gasteiger partial charge in [-0.15, -0.1) is 17.7 Å². The van der Waals surface area contributed by atoms with Crippen LogP contribution in [-0.4, -0.2) is 28.2 Å². The Bertz CT molecular complexity index is 1580. The molecule has 3 nitrogen and oxygen atoms in total. The molecule has 7 rings (SSSR count). The van der Waals surface area contributed by atoms with E-state index in [9.17, 15) is 0 Å². The Morgan fingerprint density at radius 2 is 1.50 bits per heavy atom. The monoisotopic (exact) mass is 734 g/mol. The van der Waals surface area contributed by atoms with Crippen molar-refractivity contribution in [3.8, 4) is 11.3 Å². The first-order valence-corrected chi connectivity index (χ1v) is 18.2. The fourth-order valence-electron chi connectivity index (χ4n) is 6.26. The van der Waals surface area contributed by atoms with E-state index in [1.54, 1.807) is 33.4 Å². The predicted molar refractivity (Wildman–Crippen MR) is 157 cm³/mol. The van der Waals surface area contributed by atoms with E-state index in [1.807, 2.05) is 24.4 Å².